The molecule has 0 aliphatic heterocycles. The van der Waals surface area contributed by atoms with Crippen molar-refractivity contribution in [2.45, 2.75) is 12.3 Å². The Morgan fingerprint density at radius 2 is 2.38 bits per heavy atom. The summed E-state index contributed by atoms with van der Waals surface area (Å²) < 4.78 is 13.1. The van der Waals surface area contributed by atoms with Gasteiger partial charge in [0.2, 0.25) is 0 Å². The molecule has 1 rings (SSSR count). The van der Waals surface area contributed by atoms with E-state index in [1.807, 2.05) is 5.38 Å². The molecular formula is C8H12FNOSY. The molecule has 1 aromatic heterocycles. The number of thiophene rings is 1. The Labute approximate surface area is 106 Å². The maximum absolute atomic E-state index is 13.1. The molecule has 1 radical (unpaired) electrons. The van der Waals surface area contributed by atoms with Gasteiger partial charge < -0.3 is 10.4 Å². The molecule has 0 aliphatic carbocycles. The van der Waals surface area contributed by atoms with Crippen molar-refractivity contribution in [3.63, 3.8) is 0 Å². The third kappa shape index (κ3) is 4.13. The predicted molar refractivity (Wildman–Crippen MR) is 48.1 cm³/mol. The fourth-order valence-corrected chi connectivity index (χ4v) is 1.70. The zero-order valence-corrected chi connectivity index (χ0v) is 11.1. The molecular weight excluding hydrogens is 266 g/mol. The maximum atomic E-state index is 13.1. The number of halogens is 1. The second kappa shape index (κ2) is 7.01. The zero-order chi connectivity index (χ0) is 8.97. The molecule has 0 saturated heterocycles. The number of hydrogen-bond donors (Lipinski definition) is 2. The molecule has 2 nitrogen and oxygen atoms in total. The molecule has 1 heterocycles. The Bertz CT molecular complexity index is 220. The molecule has 2 N–H and O–H groups in total. The molecule has 5 heteroatoms. The molecule has 0 spiro atoms. The summed E-state index contributed by atoms with van der Waals surface area (Å²) in [6, 6.07) is 3.53. The minimum atomic E-state index is -1.23. The van der Waals surface area contributed by atoms with Crippen LogP contribution in [0.3, 0.4) is 0 Å². The Hall–Kier alpha value is 0.654. The van der Waals surface area contributed by atoms with E-state index in [2.05, 4.69) is 5.32 Å². The van der Waals surface area contributed by atoms with Crippen LogP contribution in [0.25, 0.3) is 0 Å². The first-order valence-corrected chi connectivity index (χ1v) is 4.64. The molecule has 0 amide bonds. The van der Waals surface area contributed by atoms with Gasteiger partial charge in [-0.1, -0.05) is 6.07 Å². The molecule has 0 fully saturated rings. The van der Waals surface area contributed by atoms with Gasteiger partial charge >= 0.3 is 0 Å². The quantitative estimate of drug-likeness (QED) is 0.871. The van der Waals surface area contributed by atoms with Crippen LogP contribution in [-0.2, 0) is 32.7 Å². The maximum Gasteiger partial charge on any atom is 0.143 e. The smallest absolute Gasteiger partial charge is 0.143 e. The SMILES string of the molecule is CNCC(F)C(O)c1cccs1.[Y]. The van der Waals surface area contributed by atoms with Crippen molar-refractivity contribution in [3.05, 3.63) is 22.4 Å². The Morgan fingerprint density at radius 1 is 1.69 bits per heavy atom. The summed E-state index contributed by atoms with van der Waals surface area (Å²) in [5, 5.41) is 13.9. The summed E-state index contributed by atoms with van der Waals surface area (Å²) >= 11 is 1.37. The number of nitrogens with one attached hydrogen (secondary N) is 1. The molecule has 1 aromatic rings. The van der Waals surface area contributed by atoms with Crippen LogP contribution < -0.4 is 5.32 Å². The first-order valence-electron chi connectivity index (χ1n) is 3.76. The Balaban J connectivity index is 0.00000144. The van der Waals surface area contributed by atoms with Crippen molar-refractivity contribution >= 4 is 11.3 Å². The first kappa shape index (κ1) is 13.7. The molecule has 0 aromatic carbocycles. The van der Waals surface area contributed by atoms with Crippen molar-refractivity contribution < 1.29 is 42.2 Å². The minimum Gasteiger partial charge on any atom is -0.384 e. The van der Waals surface area contributed by atoms with Crippen LogP contribution in [0.2, 0.25) is 0 Å². The van der Waals surface area contributed by atoms with Crippen molar-refractivity contribution in [1.82, 2.24) is 5.32 Å². The average molecular weight is 278 g/mol. The van der Waals surface area contributed by atoms with Gasteiger partial charge in [0, 0.05) is 44.1 Å². The molecule has 0 bridgehead atoms. The van der Waals surface area contributed by atoms with Crippen LogP contribution in [0.4, 0.5) is 4.39 Å². The van der Waals surface area contributed by atoms with Crippen LogP contribution in [0, 0.1) is 0 Å². The van der Waals surface area contributed by atoms with Gasteiger partial charge in [-0.3, -0.25) is 0 Å². The molecule has 2 unspecified atom stereocenters. The average Bonchev–Trinajstić information content (AvgIpc) is 2.55. The number of aliphatic hydroxyl groups excluding tert-OH is 1. The van der Waals surface area contributed by atoms with Gasteiger partial charge in [-0.15, -0.1) is 11.3 Å². The van der Waals surface area contributed by atoms with Gasteiger partial charge in [0.15, 0.2) is 0 Å². The normalized spacial score (nSPS) is 14.7. The summed E-state index contributed by atoms with van der Waals surface area (Å²) in [7, 11) is 1.66. The van der Waals surface area contributed by atoms with Gasteiger partial charge in [-0.25, -0.2) is 4.39 Å². The fourth-order valence-electron chi connectivity index (χ4n) is 0.944. The van der Waals surface area contributed by atoms with Gasteiger partial charge in [-0.05, 0) is 18.5 Å². The third-order valence-corrected chi connectivity index (χ3v) is 2.52. The van der Waals surface area contributed by atoms with Crippen molar-refractivity contribution in [3.8, 4) is 0 Å². The van der Waals surface area contributed by atoms with Gasteiger partial charge in [0.25, 0.3) is 0 Å². The third-order valence-electron chi connectivity index (χ3n) is 1.58. The van der Waals surface area contributed by atoms with Gasteiger partial charge in [0.05, 0.1) is 0 Å². The number of alkyl halides is 1. The van der Waals surface area contributed by atoms with E-state index in [4.69, 9.17) is 0 Å². The van der Waals surface area contributed by atoms with Crippen LogP contribution in [-0.4, -0.2) is 24.9 Å². The zero-order valence-electron chi connectivity index (χ0n) is 7.40. The topological polar surface area (TPSA) is 32.3 Å². The van der Waals surface area contributed by atoms with Crippen LogP contribution in [0.1, 0.15) is 11.0 Å². The second-order valence-corrected chi connectivity index (χ2v) is 3.51. The van der Waals surface area contributed by atoms with E-state index in [0.29, 0.717) is 4.88 Å². The summed E-state index contributed by atoms with van der Waals surface area (Å²) in [5.41, 5.74) is 0. The van der Waals surface area contributed by atoms with Crippen LogP contribution in [0.15, 0.2) is 17.5 Å². The van der Waals surface area contributed by atoms with Crippen molar-refractivity contribution in [1.29, 1.82) is 0 Å². The molecule has 2 atom stereocenters. The fraction of sp³-hybridized carbons (Fsp3) is 0.500. The van der Waals surface area contributed by atoms with Crippen molar-refractivity contribution in [2.24, 2.45) is 0 Å². The van der Waals surface area contributed by atoms with E-state index < -0.39 is 12.3 Å². The van der Waals surface area contributed by atoms with E-state index >= 15 is 0 Å². The predicted octanol–water partition coefficient (Wildman–Crippen LogP) is 1.34. The molecule has 0 saturated carbocycles. The van der Waals surface area contributed by atoms with Gasteiger partial charge in [-0.2, -0.15) is 0 Å². The van der Waals surface area contributed by atoms with Crippen LogP contribution >= 0.6 is 11.3 Å². The summed E-state index contributed by atoms with van der Waals surface area (Å²) in [4.78, 5) is 0.678. The second-order valence-electron chi connectivity index (χ2n) is 2.53. The minimum absolute atomic E-state index is 0. The summed E-state index contributed by atoms with van der Waals surface area (Å²) in [6.45, 7) is 0.180. The van der Waals surface area contributed by atoms with E-state index in [1.54, 1.807) is 19.2 Å². The largest absolute Gasteiger partial charge is 0.384 e. The Kier molecular flexibility index (Phi) is 7.37. The summed E-state index contributed by atoms with van der Waals surface area (Å²) in [5.74, 6) is 0. The van der Waals surface area contributed by atoms with Gasteiger partial charge in [0.1, 0.15) is 12.3 Å². The molecule has 71 valence electrons. The number of rotatable bonds is 4. The molecule has 0 aliphatic rings. The monoisotopic (exact) mass is 278 g/mol. The van der Waals surface area contributed by atoms with E-state index in [-0.39, 0.29) is 39.3 Å². The Morgan fingerprint density at radius 3 is 2.85 bits per heavy atom. The standard InChI is InChI=1S/C8H12FNOS.Y/c1-10-5-6(9)8(11)7-3-2-4-12-7;/h2-4,6,8,10-11H,5H2,1H3;. The summed E-state index contributed by atoms with van der Waals surface area (Å²) in [6.07, 6.45) is -2.22. The van der Waals surface area contributed by atoms with E-state index in [9.17, 15) is 9.50 Å². The van der Waals surface area contributed by atoms with E-state index in [1.165, 1.54) is 11.3 Å². The number of aliphatic hydroxyl groups is 1. The number of hydrogen-bond acceptors (Lipinski definition) is 3. The molecule has 13 heavy (non-hydrogen) atoms. The van der Waals surface area contributed by atoms with E-state index in [0.717, 1.165) is 0 Å². The van der Waals surface area contributed by atoms with Crippen molar-refractivity contribution in [2.75, 3.05) is 13.6 Å². The van der Waals surface area contributed by atoms with Crippen LogP contribution in [0.5, 0.6) is 0 Å². The first-order chi connectivity index (χ1) is 5.75.